The third kappa shape index (κ3) is 3.07. The first-order valence-electron chi connectivity index (χ1n) is 4.84. The van der Waals surface area contributed by atoms with E-state index >= 15 is 0 Å². The Morgan fingerprint density at radius 3 is 2.75 bits per heavy atom. The Morgan fingerprint density at radius 1 is 1.33 bits per heavy atom. The van der Waals surface area contributed by atoms with Crippen LogP contribution in [-0.2, 0) is 6.42 Å². The van der Waals surface area contributed by atoms with Gasteiger partial charge in [-0.3, -0.25) is 5.10 Å². The molecule has 0 amide bonds. The van der Waals surface area contributed by atoms with Crippen molar-refractivity contribution in [3.05, 3.63) is 17.5 Å². The van der Waals surface area contributed by atoms with Crippen molar-refractivity contribution in [2.24, 2.45) is 0 Å². The van der Waals surface area contributed by atoms with Crippen LogP contribution in [0.15, 0.2) is 6.07 Å². The zero-order chi connectivity index (χ0) is 8.81. The monoisotopic (exact) mass is 166 g/mol. The molecule has 0 saturated carbocycles. The Bertz CT molecular complexity index is 215. The number of nitrogens with zero attached hydrogens (tertiary/aromatic N) is 1. The van der Waals surface area contributed by atoms with Crippen molar-refractivity contribution in [1.29, 1.82) is 0 Å². The lowest BCUT2D eigenvalue weighted by Gasteiger charge is -1.95. The lowest BCUT2D eigenvalue weighted by molar-refractivity contribution is 0.659. The fourth-order valence-electron chi connectivity index (χ4n) is 1.34. The van der Waals surface area contributed by atoms with E-state index in [4.69, 9.17) is 0 Å². The molecule has 0 aliphatic carbocycles. The summed E-state index contributed by atoms with van der Waals surface area (Å²) in [5.74, 6) is 0. The van der Waals surface area contributed by atoms with E-state index in [0.29, 0.717) is 0 Å². The summed E-state index contributed by atoms with van der Waals surface area (Å²) in [5.41, 5.74) is 2.38. The maximum absolute atomic E-state index is 4.19. The number of unbranched alkanes of at least 4 members (excludes halogenated alkanes) is 3. The van der Waals surface area contributed by atoms with Gasteiger partial charge in [0.15, 0.2) is 0 Å². The van der Waals surface area contributed by atoms with E-state index in [1.807, 2.05) is 6.92 Å². The molecule has 1 aromatic heterocycles. The molecule has 1 rings (SSSR count). The summed E-state index contributed by atoms with van der Waals surface area (Å²) in [4.78, 5) is 0. The molecule has 1 N–H and O–H groups in total. The normalized spacial score (nSPS) is 10.5. The van der Waals surface area contributed by atoms with Crippen LogP contribution in [0, 0.1) is 6.92 Å². The van der Waals surface area contributed by atoms with Crippen molar-refractivity contribution < 1.29 is 0 Å². The lowest BCUT2D eigenvalue weighted by atomic mass is 10.1. The van der Waals surface area contributed by atoms with Gasteiger partial charge in [-0.1, -0.05) is 26.2 Å². The van der Waals surface area contributed by atoms with Crippen LogP contribution >= 0.6 is 0 Å². The molecule has 68 valence electrons. The van der Waals surface area contributed by atoms with Crippen LogP contribution in [0.1, 0.15) is 44.0 Å². The molecule has 0 atom stereocenters. The molecule has 0 aromatic carbocycles. The average Bonchev–Trinajstić information content (AvgIpc) is 2.45. The Balaban J connectivity index is 2.15. The minimum absolute atomic E-state index is 1.13. The topological polar surface area (TPSA) is 28.7 Å². The van der Waals surface area contributed by atoms with Gasteiger partial charge in [-0.2, -0.15) is 5.10 Å². The van der Waals surface area contributed by atoms with Crippen molar-refractivity contribution >= 4 is 0 Å². The van der Waals surface area contributed by atoms with Crippen LogP contribution in [0.5, 0.6) is 0 Å². The van der Waals surface area contributed by atoms with E-state index in [9.17, 15) is 0 Å². The van der Waals surface area contributed by atoms with Gasteiger partial charge < -0.3 is 0 Å². The van der Waals surface area contributed by atoms with Gasteiger partial charge in [-0.25, -0.2) is 0 Å². The highest BCUT2D eigenvalue weighted by Gasteiger charge is 1.96. The first-order chi connectivity index (χ1) is 5.83. The Morgan fingerprint density at radius 2 is 2.17 bits per heavy atom. The summed E-state index contributed by atoms with van der Waals surface area (Å²) < 4.78 is 0. The van der Waals surface area contributed by atoms with Crippen LogP contribution < -0.4 is 0 Å². The number of aromatic amines is 1. The summed E-state index contributed by atoms with van der Waals surface area (Å²) in [6, 6.07) is 2.13. The smallest absolute Gasteiger partial charge is 0.0624 e. The van der Waals surface area contributed by atoms with E-state index in [0.717, 1.165) is 6.42 Å². The molecule has 0 fully saturated rings. The molecule has 12 heavy (non-hydrogen) atoms. The number of aryl methyl sites for hydroxylation is 2. The maximum atomic E-state index is 4.19. The van der Waals surface area contributed by atoms with Crippen molar-refractivity contribution in [2.75, 3.05) is 0 Å². The van der Waals surface area contributed by atoms with E-state index in [2.05, 4.69) is 23.2 Å². The number of H-pyrrole nitrogens is 1. The molecule has 0 saturated heterocycles. The van der Waals surface area contributed by atoms with Crippen LogP contribution in [0.3, 0.4) is 0 Å². The Labute approximate surface area is 74.4 Å². The minimum atomic E-state index is 1.13. The average molecular weight is 166 g/mol. The predicted octanol–water partition coefficient (Wildman–Crippen LogP) is 2.84. The fraction of sp³-hybridized carbons (Fsp3) is 0.700. The predicted molar refractivity (Wildman–Crippen MR) is 51.2 cm³/mol. The first-order valence-corrected chi connectivity index (χ1v) is 4.84. The lowest BCUT2D eigenvalue weighted by Crippen LogP contribution is -1.85. The molecular weight excluding hydrogens is 148 g/mol. The third-order valence-electron chi connectivity index (χ3n) is 2.05. The number of hydrogen-bond acceptors (Lipinski definition) is 1. The summed E-state index contributed by atoms with van der Waals surface area (Å²) in [5, 5.41) is 7.15. The highest BCUT2D eigenvalue weighted by Crippen LogP contribution is 2.06. The van der Waals surface area contributed by atoms with Crippen LogP contribution in [0.25, 0.3) is 0 Å². The molecular formula is C10H18N2. The fourth-order valence-corrected chi connectivity index (χ4v) is 1.34. The largest absolute Gasteiger partial charge is 0.283 e. The van der Waals surface area contributed by atoms with E-state index in [-0.39, 0.29) is 0 Å². The van der Waals surface area contributed by atoms with E-state index in [1.165, 1.54) is 37.1 Å². The van der Waals surface area contributed by atoms with Gasteiger partial charge >= 0.3 is 0 Å². The Hall–Kier alpha value is -0.790. The number of rotatable bonds is 5. The second-order valence-corrected chi connectivity index (χ2v) is 3.35. The zero-order valence-corrected chi connectivity index (χ0v) is 8.06. The maximum Gasteiger partial charge on any atom is 0.0624 e. The van der Waals surface area contributed by atoms with Gasteiger partial charge in [0.05, 0.1) is 5.69 Å². The van der Waals surface area contributed by atoms with Crippen LogP contribution in [-0.4, -0.2) is 10.2 Å². The van der Waals surface area contributed by atoms with Gasteiger partial charge in [0.25, 0.3) is 0 Å². The quantitative estimate of drug-likeness (QED) is 0.669. The molecule has 0 radical (unpaired) electrons. The molecule has 0 aliphatic heterocycles. The Kier molecular flexibility index (Phi) is 3.85. The summed E-state index contributed by atoms with van der Waals surface area (Å²) in [6.07, 6.45) is 6.40. The van der Waals surface area contributed by atoms with Gasteiger partial charge in [-0.05, 0) is 25.8 Å². The van der Waals surface area contributed by atoms with Gasteiger partial charge in [0.1, 0.15) is 0 Å². The molecule has 0 aliphatic rings. The zero-order valence-electron chi connectivity index (χ0n) is 8.06. The van der Waals surface area contributed by atoms with Crippen molar-refractivity contribution in [2.45, 2.75) is 46.0 Å². The number of hydrogen-bond donors (Lipinski definition) is 1. The highest BCUT2D eigenvalue weighted by atomic mass is 15.1. The number of aromatic nitrogens is 2. The van der Waals surface area contributed by atoms with Gasteiger partial charge in [0.2, 0.25) is 0 Å². The SMILES string of the molecule is CCCCCCc1cc(C)[nH]n1. The molecule has 1 aromatic rings. The van der Waals surface area contributed by atoms with Crippen LogP contribution in [0.2, 0.25) is 0 Å². The van der Waals surface area contributed by atoms with E-state index in [1.54, 1.807) is 0 Å². The minimum Gasteiger partial charge on any atom is -0.283 e. The molecule has 0 bridgehead atoms. The third-order valence-corrected chi connectivity index (χ3v) is 2.05. The molecule has 0 spiro atoms. The molecule has 2 heteroatoms. The summed E-state index contributed by atoms with van der Waals surface area (Å²) >= 11 is 0. The highest BCUT2D eigenvalue weighted by molar-refractivity contribution is 5.06. The van der Waals surface area contributed by atoms with Crippen molar-refractivity contribution in [1.82, 2.24) is 10.2 Å². The van der Waals surface area contributed by atoms with Crippen molar-refractivity contribution in [3.8, 4) is 0 Å². The standard InChI is InChI=1S/C10H18N2/c1-3-4-5-6-7-10-8-9(2)11-12-10/h8H,3-7H2,1-2H3,(H,11,12). The summed E-state index contributed by atoms with van der Waals surface area (Å²) in [6.45, 7) is 4.28. The molecule has 1 heterocycles. The van der Waals surface area contributed by atoms with Gasteiger partial charge in [-0.15, -0.1) is 0 Å². The molecule has 0 unspecified atom stereocenters. The molecule has 2 nitrogen and oxygen atoms in total. The summed E-state index contributed by atoms with van der Waals surface area (Å²) in [7, 11) is 0. The van der Waals surface area contributed by atoms with Crippen molar-refractivity contribution in [3.63, 3.8) is 0 Å². The van der Waals surface area contributed by atoms with Gasteiger partial charge in [0, 0.05) is 5.69 Å². The van der Waals surface area contributed by atoms with E-state index < -0.39 is 0 Å². The number of nitrogens with one attached hydrogen (secondary N) is 1. The van der Waals surface area contributed by atoms with Crippen LogP contribution in [0.4, 0.5) is 0 Å². The first kappa shape index (κ1) is 9.30. The second-order valence-electron chi connectivity index (χ2n) is 3.35. The second kappa shape index (κ2) is 4.96.